The molecule has 0 aliphatic carbocycles. The molecule has 2 aromatic carbocycles. The van der Waals surface area contributed by atoms with Gasteiger partial charge in [0, 0.05) is 36.2 Å². The lowest BCUT2D eigenvalue weighted by atomic mass is 9.91. The SMILES string of the molecule is Cc1c2c(c(Cc3ccc(C(C)C)cc3)c(C)c1NC(=O)NCCO)OCC2. The van der Waals surface area contributed by atoms with E-state index in [4.69, 9.17) is 9.84 Å². The Morgan fingerprint density at radius 2 is 1.89 bits per heavy atom. The maximum atomic E-state index is 12.2. The summed E-state index contributed by atoms with van der Waals surface area (Å²) in [5, 5.41) is 14.6. The number of fused-ring (bicyclic) bond motifs is 1. The van der Waals surface area contributed by atoms with Crippen LogP contribution in [0.2, 0.25) is 0 Å². The van der Waals surface area contributed by atoms with Crippen molar-refractivity contribution in [2.75, 3.05) is 25.1 Å². The van der Waals surface area contributed by atoms with Gasteiger partial charge >= 0.3 is 6.03 Å². The van der Waals surface area contributed by atoms with Crippen molar-refractivity contribution in [3.63, 3.8) is 0 Å². The zero-order valence-electron chi connectivity index (χ0n) is 17.2. The molecule has 150 valence electrons. The standard InChI is InChI=1S/C23H30N2O3/c1-14(2)18-7-5-17(6-8-18)13-20-16(4)21(25-23(27)24-10-11-26)15(3)19-9-12-28-22(19)20/h5-8,14,26H,9-13H2,1-4H3,(H2,24,25,27). The van der Waals surface area contributed by atoms with Crippen LogP contribution in [-0.2, 0) is 12.8 Å². The van der Waals surface area contributed by atoms with Crippen molar-refractivity contribution in [1.29, 1.82) is 0 Å². The van der Waals surface area contributed by atoms with Gasteiger partial charge in [0.2, 0.25) is 0 Å². The Bertz CT molecular complexity index is 857. The number of aliphatic hydroxyl groups excluding tert-OH is 1. The number of hydrogen-bond donors (Lipinski definition) is 3. The fourth-order valence-electron chi connectivity index (χ4n) is 3.79. The topological polar surface area (TPSA) is 70.6 Å². The minimum Gasteiger partial charge on any atom is -0.493 e. The van der Waals surface area contributed by atoms with Crippen molar-refractivity contribution in [3.8, 4) is 5.75 Å². The quantitative estimate of drug-likeness (QED) is 0.705. The zero-order valence-corrected chi connectivity index (χ0v) is 17.2. The molecule has 1 aliphatic heterocycles. The molecule has 0 bridgehead atoms. The van der Waals surface area contributed by atoms with Crippen LogP contribution in [0.15, 0.2) is 24.3 Å². The Balaban J connectivity index is 1.95. The summed E-state index contributed by atoms with van der Waals surface area (Å²) in [5.74, 6) is 1.49. The third-order valence-corrected chi connectivity index (χ3v) is 5.47. The summed E-state index contributed by atoms with van der Waals surface area (Å²) >= 11 is 0. The average Bonchev–Trinajstić information content (AvgIpc) is 3.17. The van der Waals surface area contributed by atoms with Gasteiger partial charge in [-0.25, -0.2) is 4.79 Å². The second-order valence-electron chi connectivity index (χ2n) is 7.69. The number of rotatable bonds is 6. The van der Waals surface area contributed by atoms with Gasteiger partial charge in [0.25, 0.3) is 0 Å². The highest BCUT2D eigenvalue weighted by Gasteiger charge is 2.25. The number of carbonyl (C=O) groups is 1. The molecule has 0 spiro atoms. The number of anilines is 1. The van der Waals surface area contributed by atoms with Gasteiger partial charge in [0.15, 0.2) is 0 Å². The highest BCUT2D eigenvalue weighted by atomic mass is 16.5. The smallest absolute Gasteiger partial charge is 0.319 e. The maximum Gasteiger partial charge on any atom is 0.319 e. The van der Waals surface area contributed by atoms with E-state index in [2.05, 4.69) is 48.7 Å². The largest absolute Gasteiger partial charge is 0.493 e. The van der Waals surface area contributed by atoms with Gasteiger partial charge in [-0.3, -0.25) is 0 Å². The van der Waals surface area contributed by atoms with E-state index >= 15 is 0 Å². The van der Waals surface area contributed by atoms with Gasteiger partial charge in [-0.1, -0.05) is 38.1 Å². The molecule has 0 saturated carbocycles. The summed E-state index contributed by atoms with van der Waals surface area (Å²) < 4.78 is 5.99. The first-order valence-corrected chi connectivity index (χ1v) is 9.94. The van der Waals surface area contributed by atoms with Gasteiger partial charge in [-0.15, -0.1) is 0 Å². The van der Waals surface area contributed by atoms with E-state index in [1.165, 1.54) is 16.7 Å². The van der Waals surface area contributed by atoms with Crippen LogP contribution in [0, 0.1) is 13.8 Å². The molecule has 5 nitrogen and oxygen atoms in total. The number of aliphatic hydroxyl groups is 1. The number of urea groups is 1. The van der Waals surface area contributed by atoms with Crippen LogP contribution >= 0.6 is 0 Å². The Kier molecular flexibility index (Phi) is 6.25. The molecule has 0 fully saturated rings. The summed E-state index contributed by atoms with van der Waals surface area (Å²) in [6.45, 7) is 9.28. The van der Waals surface area contributed by atoms with Crippen molar-refractivity contribution >= 4 is 11.7 Å². The molecule has 3 N–H and O–H groups in total. The van der Waals surface area contributed by atoms with Crippen molar-refractivity contribution in [1.82, 2.24) is 5.32 Å². The molecule has 5 heteroatoms. The van der Waals surface area contributed by atoms with Crippen LogP contribution < -0.4 is 15.4 Å². The molecule has 1 heterocycles. The molecule has 1 aliphatic rings. The van der Waals surface area contributed by atoms with Gasteiger partial charge in [0.1, 0.15) is 5.75 Å². The number of ether oxygens (including phenoxy) is 1. The first kappa shape index (κ1) is 20.2. The third kappa shape index (κ3) is 4.14. The predicted molar refractivity (Wildman–Crippen MR) is 113 cm³/mol. The second kappa shape index (κ2) is 8.65. The third-order valence-electron chi connectivity index (χ3n) is 5.47. The fourth-order valence-corrected chi connectivity index (χ4v) is 3.79. The normalized spacial score (nSPS) is 12.6. The van der Waals surface area contributed by atoms with Crippen molar-refractivity contribution in [3.05, 3.63) is 57.6 Å². The minimum absolute atomic E-state index is 0.0823. The van der Waals surface area contributed by atoms with Crippen LogP contribution in [0.4, 0.5) is 10.5 Å². The first-order chi connectivity index (χ1) is 13.4. The van der Waals surface area contributed by atoms with Crippen LogP contribution in [0.3, 0.4) is 0 Å². The molecule has 0 aromatic heterocycles. The van der Waals surface area contributed by atoms with E-state index in [1.807, 2.05) is 13.8 Å². The molecule has 3 rings (SSSR count). The van der Waals surface area contributed by atoms with Crippen LogP contribution in [-0.4, -0.2) is 30.9 Å². The summed E-state index contributed by atoms with van der Waals surface area (Å²) in [4.78, 5) is 12.2. The highest BCUT2D eigenvalue weighted by molar-refractivity contribution is 5.92. The van der Waals surface area contributed by atoms with Crippen molar-refractivity contribution in [2.45, 2.75) is 46.5 Å². The predicted octanol–water partition coefficient (Wildman–Crippen LogP) is 4.07. The average molecular weight is 383 g/mol. The van der Waals surface area contributed by atoms with E-state index in [-0.39, 0.29) is 19.2 Å². The molecule has 2 amide bonds. The Morgan fingerprint density at radius 1 is 1.18 bits per heavy atom. The van der Waals surface area contributed by atoms with E-state index in [0.29, 0.717) is 12.5 Å². The molecule has 28 heavy (non-hydrogen) atoms. The Hall–Kier alpha value is -2.53. The maximum absolute atomic E-state index is 12.2. The van der Waals surface area contributed by atoms with Crippen molar-refractivity contribution < 1.29 is 14.6 Å². The van der Waals surface area contributed by atoms with Gasteiger partial charge in [0.05, 0.1) is 13.2 Å². The summed E-state index contributed by atoms with van der Waals surface area (Å²) in [7, 11) is 0. The molecular formula is C23H30N2O3. The highest BCUT2D eigenvalue weighted by Crippen LogP contribution is 2.41. The van der Waals surface area contributed by atoms with E-state index in [9.17, 15) is 4.79 Å². The lowest BCUT2D eigenvalue weighted by Gasteiger charge is -2.20. The lowest BCUT2D eigenvalue weighted by molar-refractivity contribution is 0.244. The summed E-state index contributed by atoms with van der Waals surface area (Å²) in [5.41, 5.74) is 7.80. The number of benzene rings is 2. The molecule has 0 saturated heterocycles. The molecule has 0 unspecified atom stereocenters. The van der Waals surface area contributed by atoms with Gasteiger partial charge in [-0.05, 0) is 42.0 Å². The molecule has 2 aromatic rings. The summed E-state index contributed by atoms with van der Waals surface area (Å²) in [6.07, 6.45) is 1.62. The van der Waals surface area contributed by atoms with Crippen LogP contribution in [0.5, 0.6) is 5.75 Å². The van der Waals surface area contributed by atoms with Crippen LogP contribution in [0.25, 0.3) is 0 Å². The minimum atomic E-state index is -0.300. The van der Waals surface area contributed by atoms with E-state index in [1.54, 1.807) is 0 Å². The Morgan fingerprint density at radius 3 is 2.54 bits per heavy atom. The van der Waals surface area contributed by atoms with Crippen molar-refractivity contribution in [2.24, 2.45) is 0 Å². The number of carbonyl (C=O) groups excluding carboxylic acids is 1. The molecule has 0 atom stereocenters. The number of hydrogen-bond acceptors (Lipinski definition) is 3. The second-order valence-corrected chi connectivity index (χ2v) is 7.69. The monoisotopic (exact) mass is 382 g/mol. The van der Waals surface area contributed by atoms with E-state index < -0.39 is 0 Å². The lowest BCUT2D eigenvalue weighted by Crippen LogP contribution is -2.31. The number of nitrogens with one attached hydrogen (secondary N) is 2. The van der Waals surface area contributed by atoms with Gasteiger partial charge < -0.3 is 20.5 Å². The first-order valence-electron chi connectivity index (χ1n) is 9.94. The molecular weight excluding hydrogens is 352 g/mol. The van der Waals surface area contributed by atoms with E-state index in [0.717, 1.165) is 41.0 Å². The molecule has 0 radical (unpaired) electrons. The fraction of sp³-hybridized carbons (Fsp3) is 0.435. The Labute approximate surface area is 167 Å². The number of amides is 2. The zero-order chi connectivity index (χ0) is 20.3. The van der Waals surface area contributed by atoms with Crippen LogP contribution in [0.1, 0.15) is 53.1 Å². The summed E-state index contributed by atoms with van der Waals surface area (Å²) in [6, 6.07) is 8.43. The van der Waals surface area contributed by atoms with Gasteiger partial charge in [-0.2, -0.15) is 0 Å².